The van der Waals surface area contributed by atoms with Crippen molar-refractivity contribution in [3.63, 3.8) is 0 Å². The lowest BCUT2D eigenvalue weighted by Crippen LogP contribution is -2.45. The molecule has 2 amide bonds. The van der Waals surface area contributed by atoms with Gasteiger partial charge in [-0.05, 0) is 12.8 Å². The molecular formula is C10H19N3O2. The van der Waals surface area contributed by atoms with Crippen LogP contribution in [0.2, 0.25) is 0 Å². The lowest BCUT2D eigenvalue weighted by molar-refractivity contribution is -0.125. The van der Waals surface area contributed by atoms with Gasteiger partial charge in [-0.2, -0.15) is 0 Å². The molecule has 5 heteroatoms. The zero-order chi connectivity index (χ0) is 11.5. The summed E-state index contributed by atoms with van der Waals surface area (Å²) in [6.07, 6.45) is 1.52. The molecule has 0 spiro atoms. The molecule has 0 unspecified atom stereocenters. The van der Waals surface area contributed by atoms with E-state index in [1.807, 2.05) is 13.8 Å². The van der Waals surface area contributed by atoms with Crippen LogP contribution in [0, 0.1) is 5.92 Å². The molecule has 86 valence electrons. The third-order valence-corrected chi connectivity index (χ3v) is 2.48. The Morgan fingerprint density at radius 2 is 1.80 bits per heavy atom. The van der Waals surface area contributed by atoms with Crippen LogP contribution in [0.4, 0.5) is 0 Å². The minimum Gasteiger partial charge on any atom is -0.354 e. The molecule has 0 heterocycles. The first-order valence-electron chi connectivity index (χ1n) is 5.30. The van der Waals surface area contributed by atoms with E-state index in [-0.39, 0.29) is 17.7 Å². The maximum absolute atomic E-state index is 11.4. The number of hydrogen-bond acceptors (Lipinski definition) is 3. The molecule has 0 aliphatic heterocycles. The maximum atomic E-state index is 11.4. The molecule has 5 nitrogen and oxygen atoms in total. The van der Waals surface area contributed by atoms with Gasteiger partial charge in [0.25, 0.3) is 0 Å². The first kappa shape index (κ1) is 12.0. The quantitative estimate of drug-likeness (QED) is 0.531. The molecule has 15 heavy (non-hydrogen) atoms. The summed E-state index contributed by atoms with van der Waals surface area (Å²) < 4.78 is 0. The molecule has 0 radical (unpaired) electrons. The molecule has 0 atom stereocenters. The van der Waals surface area contributed by atoms with E-state index in [1.165, 1.54) is 0 Å². The Morgan fingerprint density at radius 3 is 2.27 bits per heavy atom. The monoisotopic (exact) mass is 213 g/mol. The van der Waals surface area contributed by atoms with E-state index in [4.69, 9.17) is 5.73 Å². The zero-order valence-electron chi connectivity index (χ0n) is 9.30. The van der Waals surface area contributed by atoms with Crippen molar-refractivity contribution in [1.82, 2.24) is 10.6 Å². The van der Waals surface area contributed by atoms with Crippen molar-refractivity contribution in [2.24, 2.45) is 11.7 Å². The van der Waals surface area contributed by atoms with E-state index in [1.54, 1.807) is 0 Å². The molecular weight excluding hydrogens is 194 g/mol. The molecule has 1 aliphatic rings. The van der Waals surface area contributed by atoms with E-state index in [0.717, 1.165) is 12.8 Å². The standard InChI is InChI=1S/C10H19N3O2/c1-7(2)8(14)12-5-6-13-9(15)10(11)3-4-10/h7H,3-6,11H2,1-2H3,(H,12,14)(H,13,15). The molecule has 1 fully saturated rings. The first-order chi connectivity index (χ1) is 6.96. The summed E-state index contributed by atoms with van der Waals surface area (Å²) in [7, 11) is 0. The molecule has 0 aromatic rings. The summed E-state index contributed by atoms with van der Waals surface area (Å²) in [4.78, 5) is 22.5. The van der Waals surface area contributed by atoms with E-state index < -0.39 is 5.54 Å². The van der Waals surface area contributed by atoms with Gasteiger partial charge in [-0.25, -0.2) is 0 Å². The van der Waals surface area contributed by atoms with E-state index in [0.29, 0.717) is 13.1 Å². The number of carbonyl (C=O) groups excluding carboxylic acids is 2. The van der Waals surface area contributed by atoms with Gasteiger partial charge in [0.05, 0.1) is 5.54 Å². The van der Waals surface area contributed by atoms with Crippen molar-refractivity contribution < 1.29 is 9.59 Å². The van der Waals surface area contributed by atoms with Gasteiger partial charge in [0.15, 0.2) is 0 Å². The predicted octanol–water partition coefficient (Wildman–Crippen LogP) is -0.634. The Labute approximate surface area is 89.8 Å². The molecule has 1 saturated carbocycles. The Morgan fingerprint density at radius 1 is 1.27 bits per heavy atom. The van der Waals surface area contributed by atoms with Crippen molar-refractivity contribution >= 4 is 11.8 Å². The number of hydrogen-bond donors (Lipinski definition) is 3. The minimum atomic E-state index is -0.623. The lowest BCUT2D eigenvalue weighted by atomic mass is 10.2. The summed E-state index contributed by atoms with van der Waals surface area (Å²) in [6, 6.07) is 0. The van der Waals surface area contributed by atoms with Crippen molar-refractivity contribution in [2.75, 3.05) is 13.1 Å². The Hall–Kier alpha value is -1.10. The fraction of sp³-hybridized carbons (Fsp3) is 0.800. The number of rotatable bonds is 5. The van der Waals surface area contributed by atoms with Crippen molar-refractivity contribution in [1.29, 1.82) is 0 Å². The number of amides is 2. The summed E-state index contributed by atoms with van der Waals surface area (Å²) >= 11 is 0. The smallest absolute Gasteiger partial charge is 0.240 e. The van der Waals surface area contributed by atoms with Crippen molar-refractivity contribution in [3.8, 4) is 0 Å². The number of nitrogens with two attached hydrogens (primary N) is 1. The van der Waals surface area contributed by atoms with Gasteiger partial charge < -0.3 is 16.4 Å². The van der Waals surface area contributed by atoms with Crippen LogP contribution in [0.3, 0.4) is 0 Å². The van der Waals surface area contributed by atoms with Crippen molar-refractivity contribution in [3.05, 3.63) is 0 Å². The van der Waals surface area contributed by atoms with E-state index >= 15 is 0 Å². The van der Waals surface area contributed by atoms with Crippen LogP contribution in [0.15, 0.2) is 0 Å². The second-order valence-electron chi connectivity index (χ2n) is 4.36. The SMILES string of the molecule is CC(C)C(=O)NCCNC(=O)C1(N)CC1. The van der Waals surface area contributed by atoms with Gasteiger partial charge in [0.2, 0.25) is 11.8 Å². The highest BCUT2D eigenvalue weighted by Crippen LogP contribution is 2.31. The van der Waals surface area contributed by atoms with Gasteiger partial charge in [-0.15, -0.1) is 0 Å². The number of nitrogens with one attached hydrogen (secondary N) is 2. The molecule has 0 aromatic heterocycles. The average molecular weight is 213 g/mol. The minimum absolute atomic E-state index is 0.00173. The van der Waals surface area contributed by atoms with Gasteiger partial charge in [0.1, 0.15) is 0 Å². The van der Waals surface area contributed by atoms with Crippen LogP contribution >= 0.6 is 0 Å². The third kappa shape index (κ3) is 3.51. The third-order valence-electron chi connectivity index (χ3n) is 2.48. The molecule has 4 N–H and O–H groups in total. The lowest BCUT2D eigenvalue weighted by Gasteiger charge is -2.11. The van der Waals surface area contributed by atoms with Crippen LogP contribution in [0.1, 0.15) is 26.7 Å². The molecule has 1 rings (SSSR count). The van der Waals surface area contributed by atoms with Gasteiger partial charge in [-0.3, -0.25) is 9.59 Å². The van der Waals surface area contributed by atoms with E-state index in [9.17, 15) is 9.59 Å². The average Bonchev–Trinajstić information content (AvgIpc) is 2.91. The summed E-state index contributed by atoms with van der Waals surface area (Å²) in [5.41, 5.74) is 5.06. The van der Waals surface area contributed by atoms with Crippen LogP contribution in [-0.4, -0.2) is 30.4 Å². The van der Waals surface area contributed by atoms with Crippen LogP contribution in [-0.2, 0) is 9.59 Å². The molecule has 0 aromatic carbocycles. The van der Waals surface area contributed by atoms with Crippen LogP contribution in [0.5, 0.6) is 0 Å². The van der Waals surface area contributed by atoms with Crippen LogP contribution in [0.25, 0.3) is 0 Å². The van der Waals surface area contributed by atoms with Crippen molar-refractivity contribution in [2.45, 2.75) is 32.2 Å². The molecule has 1 aliphatic carbocycles. The fourth-order valence-electron chi connectivity index (χ4n) is 1.10. The summed E-state index contributed by atoms with van der Waals surface area (Å²) in [5.74, 6) is -0.135. The molecule has 0 saturated heterocycles. The molecule has 0 bridgehead atoms. The zero-order valence-corrected chi connectivity index (χ0v) is 9.30. The van der Waals surface area contributed by atoms with Gasteiger partial charge in [-0.1, -0.05) is 13.8 Å². The highest BCUT2D eigenvalue weighted by molar-refractivity contribution is 5.89. The summed E-state index contributed by atoms with van der Waals surface area (Å²) in [6.45, 7) is 4.55. The Balaban J connectivity index is 2.07. The number of carbonyl (C=O) groups is 2. The van der Waals surface area contributed by atoms with Gasteiger partial charge in [0, 0.05) is 19.0 Å². The Kier molecular flexibility index (Phi) is 3.68. The second kappa shape index (κ2) is 4.61. The second-order valence-corrected chi connectivity index (χ2v) is 4.36. The van der Waals surface area contributed by atoms with Crippen LogP contribution < -0.4 is 16.4 Å². The normalized spacial score (nSPS) is 17.3. The maximum Gasteiger partial charge on any atom is 0.240 e. The fourth-order valence-corrected chi connectivity index (χ4v) is 1.10. The highest BCUT2D eigenvalue weighted by Gasteiger charge is 2.45. The largest absolute Gasteiger partial charge is 0.354 e. The summed E-state index contributed by atoms with van der Waals surface area (Å²) in [5, 5.41) is 5.42. The predicted molar refractivity (Wildman–Crippen MR) is 57.0 cm³/mol. The first-order valence-corrected chi connectivity index (χ1v) is 5.30. The van der Waals surface area contributed by atoms with Gasteiger partial charge >= 0.3 is 0 Å². The van der Waals surface area contributed by atoms with E-state index in [2.05, 4.69) is 10.6 Å². The highest BCUT2D eigenvalue weighted by atomic mass is 16.2. The topological polar surface area (TPSA) is 84.2 Å². The Bertz CT molecular complexity index is 259.